The first-order valence-corrected chi connectivity index (χ1v) is 6.95. The van der Waals surface area contributed by atoms with E-state index in [-0.39, 0.29) is 0 Å². The lowest BCUT2D eigenvalue weighted by molar-refractivity contribution is 0.251. The van der Waals surface area contributed by atoms with Gasteiger partial charge in [-0.1, -0.05) is 13.8 Å². The molecule has 3 rings (SSSR count). The molecule has 1 aromatic heterocycles. The molecule has 94 valence electrons. The predicted molar refractivity (Wildman–Crippen MR) is 66.7 cm³/mol. The second kappa shape index (κ2) is 4.41. The molecular formula is C13H22N4. The maximum absolute atomic E-state index is 4.48. The van der Waals surface area contributed by atoms with Gasteiger partial charge in [-0.3, -0.25) is 4.90 Å². The van der Waals surface area contributed by atoms with Crippen molar-refractivity contribution in [2.75, 3.05) is 13.1 Å². The molecule has 2 atom stereocenters. The Morgan fingerprint density at radius 1 is 1.24 bits per heavy atom. The van der Waals surface area contributed by atoms with Crippen LogP contribution in [0.1, 0.15) is 50.8 Å². The highest BCUT2D eigenvalue weighted by molar-refractivity contribution is 5.06. The van der Waals surface area contributed by atoms with Crippen LogP contribution in [-0.4, -0.2) is 32.8 Å². The van der Waals surface area contributed by atoms with E-state index in [0.717, 1.165) is 25.4 Å². The standard InChI is InChI=1S/C13H22N4/c1-3-16-7-4-5-11(16)13-15-14-12-9-10(2)6-8-17(12)13/h10-11H,3-9H2,1-2H3. The predicted octanol–water partition coefficient (Wildman–Crippen LogP) is 2.02. The van der Waals surface area contributed by atoms with Gasteiger partial charge in [0.25, 0.3) is 0 Å². The number of aromatic nitrogens is 3. The smallest absolute Gasteiger partial charge is 0.150 e. The van der Waals surface area contributed by atoms with E-state index in [1.54, 1.807) is 0 Å². The van der Waals surface area contributed by atoms with Gasteiger partial charge in [-0.15, -0.1) is 10.2 Å². The first kappa shape index (κ1) is 11.2. The molecule has 3 heterocycles. The van der Waals surface area contributed by atoms with Crippen LogP contribution < -0.4 is 0 Å². The summed E-state index contributed by atoms with van der Waals surface area (Å²) in [6, 6.07) is 0.523. The van der Waals surface area contributed by atoms with E-state index in [1.807, 2.05) is 0 Å². The van der Waals surface area contributed by atoms with Crippen LogP contribution in [0.2, 0.25) is 0 Å². The van der Waals surface area contributed by atoms with Crippen molar-refractivity contribution >= 4 is 0 Å². The molecule has 0 aliphatic carbocycles. The van der Waals surface area contributed by atoms with E-state index in [2.05, 4.69) is 33.5 Å². The Morgan fingerprint density at radius 3 is 2.94 bits per heavy atom. The summed E-state index contributed by atoms with van der Waals surface area (Å²) in [6.45, 7) is 8.02. The molecule has 0 aromatic carbocycles. The molecule has 0 amide bonds. The van der Waals surface area contributed by atoms with Crippen molar-refractivity contribution < 1.29 is 0 Å². The zero-order valence-electron chi connectivity index (χ0n) is 10.9. The SMILES string of the molecule is CCN1CCCC1c1nnc2n1CCC(C)C2. The summed E-state index contributed by atoms with van der Waals surface area (Å²) in [6.07, 6.45) is 4.93. The quantitative estimate of drug-likeness (QED) is 0.785. The van der Waals surface area contributed by atoms with Crippen LogP contribution in [0.3, 0.4) is 0 Å². The molecule has 2 aliphatic heterocycles. The van der Waals surface area contributed by atoms with Crippen molar-refractivity contribution in [1.29, 1.82) is 0 Å². The van der Waals surface area contributed by atoms with Gasteiger partial charge in [-0.2, -0.15) is 0 Å². The maximum atomic E-state index is 4.48. The highest BCUT2D eigenvalue weighted by Crippen LogP contribution is 2.32. The minimum absolute atomic E-state index is 0.523. The van der Waals surface area contributed by atoms with Crippen LogP contribution in [0.15, 0.2) is 0 Å². The molecule has 0 spiro atoms. The summed E-state index contributed by atoms with van der Waals surface area (Å²) in [5.41, 5.74) is 0. The van der Waals surface area contributed by atoms with Crippen LogP contribution in [0.4, 0.5) is 0 Å². The van der Waals surface area contributed by atoms with Crippen LogP contribution >= 0.6 is 0 Å². The van der Waals surface area contributed by atoms with Gasteiger partial charge >= 0.3 is 0 Å². The highest BCUT2D eigenvalue weighted by atomic mass is 15.3. The second-order valence-electron chi connectivity index (χ2n) is 5.51. The summed E-state index contributed by atoms with van der Waals surface area (Å²) in [5.74, 6) is 3.21. The Kier molecular flexibility index (Phi) is 2.90. The molecule has 1 fully saturated rings. The van der Waals surface area contributed by atoms with Crippen molar-refractivity contribution in [2.24, 2.45) is 5.92 Å². The second-order valence-corrected chi connectivity index (χ2v) is 5.51. The van der Waals surface area contributed by atoms with Crippen molar-refractivity contribution in [2.45, 2.75) is 52.1 Å². The first-order valence-electron chi connectivity index (χ1n) is 6.95. The molecule has 2 aliphatic rings. The van der Waals surface area contributed by atoms with Crippen molar-refractivity contribution in [1.82, 2.24) is 19.7 Å². The lowest BCUT2D eigenvalue weighted by atomic mass is 10.00. The third kappa shape index (κ3) is 1.88. The van der Waals surface area contributed by atoms with Gasteiger partial charge in [0.2, 0.25) is 0 Å². The summed E-state index contributed by atoms with van der Waals surface area (Å²) in [7, 11) is 0. The molecule has 17 heavy (non-hydrogen) atoms. The third-order valence-electron chi connectivity index (χ3n) is 4.30. The minimum Gasteiger partial charge on any atom is -0.314 e. The van der Waals surface area contributed by atoms with Gasteiger partial charge in [0.1, 0.15) is 11.6 Å². The lowest BCUT2D eigenvalue weighted by Gasteiger charge is -2.25. The van der Waals surface area contributed by atoms with Crippen LogP contribution in [0.5, 0.6) is 0 Å². The Morgan fingerprint density at radius 2 is 2.12 bits per heavy atom. The molecule has 0 saturated carbocycles. The van der Waals surface area contributed by atoms with Gasteiger partial charge in [0.05, 0.1) is 6.04 Å². The number of nitrogens with zero attached hydrogens (tertiary/aromatic N) is 4. The normalized spacial score (nSPS) is 29.5. The number of likely N-dealkylation sites (tertiary alicyclic amines) is 1. The average Bonchev–Trinajstić information content (AvgIpc) is 2.92. The van der Waals surface area contributed by atoms with Gasteiger partial charge in [-0.25, -0.2) is 0 Å². The lowest BCUT2D eigenvalue weighted by Crippen LogP contribution is -2.27. The molecule has 1 saturated heterocycles. The fourth-order valence-electron chi connectivity index (χ4n) is 3.25. The third-order valence-corrected chi connectivity index (χ3v) is 4.30. The first-order chi connectivity index (χ1) is 8.29. The number of hydrogen-bond acceptors (Lipinski definition) is 3. The van der Waals surface area contributed by atoms with Gasteiger partial charge in [-0.05, 0) is 38.3 Å². The molecule has 0 N–H and O–H groups in total. The molecule has 0 bridgehead atoms. The van der Waals surface area contributed by atoms with E-state index in [9.17, 15) is 0 Å². The van der Waals surface area contributed by atoms with Gasteiger partial charge < -0.3 is 4.57 Å². The largest absolute Gasteiger partial charge is 0.314 e. The number of rotatable bonds is 2. The van der Waals surface area contributed by atoms with Gasteiger partial charge in [0.15, 0.2) is 0 Å². The fraction of sp³-hybridized carbons (Fsp3) is 0.846. The van der Waals surface area contributed by atoms with Crippen LogP contribution in [0, 0.1) is 5.92 Å². The Balaban J connectivity index is 1.89. The summed E-state index contributed by atoms with van der Waals surface area (Å²) >= 11 is 0. The average molecular weight is 234 g/mol. The Bertz CT molecular complexity index is 398. The molecular weight excluding hydrogens is 212 g/mol. The zero-order chi connectivity index (χ0) is 11.8. The van der Waals surface area contributed by atoms with Gasteiger partial charge in [0, 0.05) is 13.0 Å². The van der Waals surface area contributed by atoms with E-state index < -0.39 is 0 Å². The van der Waals surface area contributed by atoms with E-state index >= 15 is 0 Å². The maximum Gasteiger partial charge on any atom is 0.150 e. The van der Waals surface area contributed by atoms with E-state index in [1.165, 1.54) is 37.5 Å². The zero-order valence-corrected chi connectivity index (χ0v) is 10.9. The summed E-state index contributed by atoms with van der Waals surface area (Å²) in [5, 5.41) is 8.89. The molecule has 2 unspecified atom stereocenters. The van der Waals surface area contributed by atoms with Crippen LogP contribution in [-0.2, 0) is 13.0 Å². The van der Waals surface area contributed by atoms with Crippen LogP contribution in [0.25, 0.3) is 0 Å². The molecule has 4 heteroatoms. The Labute approximate surface area is 103 Å². The molecule has 0 radical (unpaired) electrons. The highest BCUT2D eigenvalue weighted by Gasteiger charge is 2.31. The topological polar surface area (TPSA) is 34.0 Å². The summed E-state index contributed by atoms with van der Waals surface area (Å²) in [4.78, 5) is 2.54. The Hall–Kier alpha value is -0.900. The monoisotopic (exact) mass is 234 g/mol. The molecule has 4 nitrogen and oxygen atoms in total. The number of hydrogen-bond donors (Lipinski definition) is 0. The number of fused-ring (bicyclic) bond motifs is 1. The van der Waals surface area contributed by atoms with E-state index in [0.29, 0.717) is 6.04 Å². The van der Waals surface area contributed by atoms with Crippen molar-refractivity contribution in [3.8, 4) is 0 Å². The van der Waals surface area contributed by atoms with Crippen molar-refractivity contribution in [3.63, 3.8) is 0 Å². The fourth-order valence-corrected chi connectivity index (χ4v) is 3.25. The van der Waals surface area contributed by atoms with Crippen molar-refractivity contribution in [3.05, 3.63) is 11.6 Å². The molecule has 1 aromatic rings. The summed E-state index contributed by atoms with van der Waals surface area (Å²) < 4.78 is 2.39. The van der Waals surface area contributed by atoms with E-state index in [4.69, 9.17) is 0 Å². The minimum atomic E-state index is 0.523.